The summed E-state index contributed by atoms with van der Waals surface area (Å²) in [6, 6.07) is 8.45. The number of hydrogen-bond acceptors (Lipinski definition) is 2. The maximum absolute atomic E-state index is 5.07. The number of fused-ring (bicyclic) bond motifs is 1. The smallest absolute Gasteiger partial charge is 0.275 e. The van der Waals surface area contributed by atoms with Crippen LogP contribution in [0.15, 0.2) is 18.2 Å². The fraction of sp³-hybridized carbons (Fsp3) is 0. The summed E-state index contributed by atoms with van der Waals surface area (Å²) >= 11 is 0. The van der Waals surface area contributed by atoms with Crippen molar-refractivity contribution in [3.05, 3.63) is 24.3 Å². The Bertz CT molecular complexity index is 201. The normalized spacial score (nSPS) is 13.8. The molecule has 0 aromatic heterocycles. The molecule has 0 aliphatic carbocycles. The van der Waals surface area contributed by atoms with Gasteiger partial charge in [0.1, 0.15) is 0 Å². The van der Waals surface area contributed by atoms with E-state index in [0.717, 1.165) is 11.5 Å². The summed E-state index contributed by atoms with van der Waals surface area (Å²) in [5.41, 5.74) is 0. The summed E-state index contributed by atoms with van der Waals surface area (Å²) in [4.78, 5) is 0. The van der Waals surface area contributed by atoms with E-state index in [4.69, 9.17) is 9.05 Å². The SMILES string of the molecule is [c]1cccc2c1OPO2. The van der Waals surface area contributed by atoms with Crippen LogP contribution in [0.5, 0.6) is 11.5 Å². The van der Waals surface area contributed by atoms with E-state index < -0.39 is 0 Å². The van der Waals surface area contributed by atoms with Gasteiger partial charge in [0.25, 0.3) is 9.03 Å². The van der Waals surface area contributed by atoms with Crippen LogP contribution in [0.1, 0.15) is 0 Å². The average Bonchev–Trinajstić information content (AvgIpc) is 2.33. The lowest BCUT2D eigenvalue weighted by molar-refractivity contribution is 0.603. The van der Waals surface area contributed by atoms with Crippen molar-refractivity contribution < 1.29 is 9.05 Å². The first kappa shape index (κ1) is 5.07. The van der Waals surface area contributed by atoms with Crippen molar-refractivity contribution in [3.63, 3.8) is 0 Å². The second-order valence-electron chi connectivity index (χ2n) is 1.65. The molecule has 0 saturated carbocycles. The molecule has 0 fully saturated rings. The van der Waals surface area contributed by atoms with Crippen LogP contribution in [0, 0.1) is 6.07 Å². The third-order valence-corrected chi connectivity index (χ3v) is 1.67. The molecule has 1 atom stereocenters. The topological polar surface area (TPSA) is 18.5 Å². The highest BCUT2D eigenvalue weighted by molar-refractivity contribution is 7.27. The molecule has 1 aliphatic rings. The maximum Gasteiger partial charge on any atom is 0.275 e. The molecule has 1 aromatic carbocycles. The van der Waals surface area contributed by atoms with Crippen LogP contribution in [-0.2, 0) is 0 Å². The van der Waals surface area contributed by atoms with Crippen LogP contribution >= 0.6 is 9.03 Å². The predicted molar refractivity (Wildman–Crippen MR) is 34.8 cm³/mol. The monoisotopic (exact) mass is 139 g/mol. The first-order valence-corrected chi connectivity index (χ1v) is 3.38. The van der Waals surface area contributed by atoms with E-state index >= 15 is 0 Å². The van der Waals surface area contributed by atoms with Crippen LogP contribution in [0.3, 0.4) is 0 Å². The lowest BCUT2D eigenvalue weighted by Gasteiger charge is -1.88. The summed E-state index contributed by atoms with van der Waals surface area (Å²) < 4.78 is 10.1. The quantitative estimate of drug-likeness (QED) is 0.510. The van der Waals surface area contributed by atoms with Crippen molar-refractivity contribution in [2.45, 2.75) is 0 Å². The highest BCUT2D eigenvalue weighted by Gasteiger charge is 2.11. The van der Waals surface area contributed by atoms with Crippen molar-refractivity contribution in [2.75, 3.05) is 0 Å². The minimum Gasteiger partial charge on any atom is -0.437 e. The second-order valence-corrected chi connectivity index (χ2v) is 2.23. The van der Waals surface area contributed by atoms with E-state index in [1.807, 2.05) is 12.1 Å². The minimum absolute atomic E-state index is 0.115. The Hall–Kier alpha value is -0.750. The molecule has 0 spiro atoms. The van der Waals surface area contributed by atoms with E-state index in [1.54, 1.807) is 6.07 Å². The Morgan fingerprint density at radius 2 is 2.44 bits per heavy atom. The lowest BCUT2D eigenvalue weighted by atomic mass is 10.3. The number of benzene rings is 1. The van der Waals surface area contributed by atoms with E-state index in [0.29, 0.717) is 0 Å². The zero-order chi connectivity index (χ0) is 6.10. The maximum atomic E-state index is 5.07. The molecule has 0 bridgehead atoms. The molecule has 0 saturated heterocycles. The molecular weight excluding hydrogens is 135 g/mol. The summed E-state index contributed by atoms with van der Waals surface area (Å²) in [5, 5.41) is 0. The van der Waals surface area contributed by atoms with Crippen LogP contribution in [0.2, 0.25) is 0 Å². The highest BCUT2D eigenvalue weighted by atomic mass is 31.1. The molecule has 2 nitrogen and oxygen atoms in total. The zero-order valence-electron chi connectivity index (χ0n) is 4.55. The third kappa shape index (κ3) is 0.757. The minimum atomic E-state index is 0.115. The van der Waals surface area contributed by atoms with Gasteiger partial charge in [-0.1, -0.05) is 12.1 Å². The molecule has 9 heavy (non-hydrogen) atoms. The Morgan fingerprint density at radius 1 is 1.44 bits per heavy atom. The van der Waals surface area contributed by atoms with Crippen molar-refractivity contribution in [1.29, 1.82) is 0 Å². The fourth-order valence-electron chi connectivity index (χ4n) is 0.674. The Labute approximate surface area is 54.7 Å². The predicted octanol–water partition coefficient (Wildman–Crippen LogP) is 1.77. The molecule has 3 heteroatoms. The summed E-state index contributed by atoms with van der Waals surface area (Å²) in [5.74, 6) is 1.53. The molecule has 1 aliphatic heterocycles. The van der Waals surface area contributed by atoms with Crippen molar-refractivity contribution in [1.82, 2.24) is 0 Å². The lowest BCUT2D eigenvalue weighted by Crippen LogP contribution is -1.67. The largest absolute Gasteiger partial charge is 0.437 e. The van der Waals surface area contributed by atoms with Gasteiger partial charge >= 0.3 is 0 Å². The Kier molecular flexibility index (Phi) is 1.06. The molecule has 1 heterocycles. The summed E-state index contributed by atoms with van der Waals surface area (Å²) in [6.45, 7) is 0. The Balaban J connectivity index is 2.54. The molecule has 1 aromatic rings. The van der Waals surface area contributed by atoms with Crippen molar-refractivity contribution in [2.24, 2.45) is 0 Å². The second kappa shape index (κ2) is 1.89. The average molecular weight is 139 g/mol. The van der Waals surface area contributed by atoms with Gasteiger partial charge in [-0.2, -0.15) is 0 Å². The first-order valence-electron chi connectivity index (χ1n) is 2.56. The molecule has 1 unspecified atom stereocenters. The van der Waals surface area contributed by atoms with Gasteiger partial charge in [0, 0.05) is 6.07 Å². The zero-order valence-corrected chi connectivity index (χ0v) is 5.55. The molecule has 1 radical (unpaired) electrons. The summed E-state index contributed by atoms with van der Waals surface area (Å²) in [6.07, 6.45) is 0. The van der Waals surface area contributed by atoms with Gasteiger partial charge in [-0.05, 0) is 6.07 Å². The number of hydrogen-bond donors (Lipinski definition) is 0. The van der Waals surface area contributed by atoms with E-state index in [2.05, 4.69) is 6.07 Å². The van der Waals surface area contributed by atoms with E-state index in [1.165, 1.54) is 0 Å². The highest BCUT2D eigenvalue weighted by Crippen LogP contribution is 2.40. The molecule has 45 valence electrons. The molecule has 2 rings (SSSR count). The van der Waals surface area contributed by atoms with Crippen molar-refractivity contribution >= 4 is 9.03 Å². The number of para-hydroxylation sites is 1. The van der Waals surface area contributed by atoms with Gasteiger partial charge in [-0.25, -0.2) is 0 Å². The standard InChI is InChI=1S/C6H4O2P/c1-2-4-6-5(3-1)7-9-8-6/h1-3,9H. The van der Waals surface area contributed by atoms with E-state index in [-0.39, 0.29) is 9.03 Å². The van der Waals surface area contributed by atoms with E-state index in [9.17, 15) is 0 Å². The van der Waals surface area contributed by atoms with Gasteiger partial charge in [0.05, 0.1) is 0 Å². The molecular formula is C6H4O2P. The summed E-state index contributed by atoms with van der Waals surface area (Å²) in [7, 11) is 0.115. The number of rotatable bonds is 0. The van der Waals surface area contributed by atoms with Gasteiger partial charge in [0.2, 0.25) is 0 Å². The molecule has 0 N–H and O–H groups in total. The van der Waals surface area contributed by atoms with Crippen LogP contribution in [-0.4, -0.2) is 0 Å². The van der Waals surface area contributed by atoms with Gasteiger partial charge in [0.15, 0.2) is 11.5 Å². The Morgan fingerprint density at radius 3 is 3.33 bits per heavy atom. The molecule has 0 amide bonds. The van der Waals surface area contributed by atoms with Crippen LogP contribution < -0.4 is 9.05 Å². The van der Waals surface area contributed by atoms with Crippen LogP contribution in [0.4, 0.5) is 0 Å². The van der Waals surface area contributed by atoms with Gasteiger partial charge in [-0.15, -0.1) is 0 Å². The first-order chi connectivity index (χ1) is 4.47. The van der Waals surface area contributed by atoms with Crippen molar-refractivity contribution in [3.8, 4) is 11.5 Å². The third-order valence-electron chi connectivity index (χ3n) is 1.08. The van der Waals surface area contributed by atoms with Gasteiger partial charge in [-0.3, -0.25) is 0 Å². The van der Waals surface area contributed by atoms with Gasteiger partial charge < -0.3 is 9.05 Å². The fourth-order valence-corrected chi connectivity index (χ4v) is 1.21. The van der Waals surface area contributed by atoms with Crippen LogP contribution in [0.25, 0.3) is 0 Å².